The Morgan fingerprint density at radius 2 is 1.71 bits per heavy atom. The van der Waals surface area contributed by atoms with Crippen molar-refractivity contribution >= 4 is 6.08 Å². The first kappa shape index (κ1) is 10.8. The zero-order valence-electron chi connectivity index (χ0n) is 10.3. The number of rotatable bonds is 3. The minimum atomic E-state index is 0.730. The van der Waals surface area contributed by atoms with Crippen molar-refractivity contribution in [2.24, 2.45) is 23.7 Å². The third-order valence-electron chi connectivity index (χ3n) is 4.63. The van der Waals surface area contributed by atoms with Gasteiger partial charge in [-0.15, -0.1) is 6.58 Å². The Bertz CT molecular complexity index is 415. The van der Waals surface area contributed by atoms with Crippen molar-refractivity contribution in [3.8, 4) is 0 Å². The van der Waals surface area contributed by atoms with Crippen molar-refractivity contribution in [2.75, 3.05) is 0 Å². The molecule has 2 fully saturated rings. The van der Waals surface area contributed by atoms with E-state index >= 15 is 0 Å². The van der Waals surface area contributed by atoms with E-state index in [1.807, 2.05) is 0 Å². The first-order valence-electron chi connectivity index (χ1n) is 6.74. The van der Waals surface area contributed by atoms with Crippen molar-refractivity contribution < 1.29 is 0 Å². The van der Waals surface area contributed by atoms with Crippen LogP contribution < -0.4 is 0 Å². The van der Waals surface area contributed by atoms with Gasteiger partial charge < -0.3 is 0 Å². The summed E-state index contributed by atoms with van der Waals surface area (Å²) in [6, 6.07) is 10.6. The quantitative estimate of drug-likeness (QED) is 0.661. The molecular formula is C17H20. The molecule has 0 aliphatic heterocycles. The maximum atomic E-state index is 4.03. The Balaban J connectivity index is 1.77. The van der Waals surface area contributed by atoms with E-state index in [0.717, 1.165) is 23.7 Å². The van der Waals surface area contributed by atoms with E-state index in [0.29, 0.717) is 0 Å². The highest BCUT2D eigenvalue weighted by Crippen LogP contribution is 2.53. The molecule has 17 heavy (non-hydrogen) atoms. The summed E-state index contributed by atoms with van der Waals surface area (Å²) in [6.45, 7) is 4.03. The number of fused-ring (bicyclic) bond motifs is 2. The lowest BCUT2D eigenvalue weighted by Crippen LogP contribution is -2.18. The monoisotopic (exact) mass is 224 g/mol. The zero-order valence-corrected chi connectivity index (χ0v) is 10.3. The summed E-state index contributed by atoms with van der Waals surface area (Å²) >= 11 is 0. The van der Waals surface area contributed by atoms with Crippen LogP contribution in [0.25, 0.3) is 6.08 Å². The van der Waals surface area contributed by atoms with Crippen LogP contribution in [0.15, 0.2) is 49.1 Å². The van der Waals surface area contributed by atoms with Crippen molar-refractivity contribution in [1.29, 1.82) is 0 Å². The van der Waals surface area contributed by atoms with Gasteiger partial charge in [-0.2, -0.15) is 0 Å². The second-order valence-corrected chi connectivity index (χ2v) is 5.49. The van der Waals surface area contributed by atoms with Gasteiger partial charge in [0.05, 0.1) is 0 Å². The SMILES string of the molecule is C=CC1C2CCC(C2)C1/C=C/c1ccccc1. The molecule has 3 rings (SSSR count). The Morgan fingerprint density at radius 3 is 2.41 bits per heavy atom. The summed E-state index contributed by atoms with van der Waals surface area (Å²) in [5.41, 5.74) is 1.32. The number of allylic oxidation sites excluding steroid dienone is 2. The molecular weight excluding hydrogens is 204 g/mol. The maximum Gasteiger partial charge on any atom is -0.0136 e. The lowest BCUT2D eigenvalue weighted by Gasteiger charge is -2.26. The molecule has 0 heterocycles. The van der Waals surface area contributed by atoms with Crippen molar-refractivity contribution in [3.63, 3.8) is 0 Å². The molecule has 2 bridgehead atoms. The molecule has 0 N–H and O–H groups in total. The zero-order chi connectivity index (χ0) is 11.7. The minimum Gasteiger partial charge on any atom is -0.103 e. The van der Waals surface area contributed by atoms with Crippen LogP contribution >= 0.6 is 0 Å². The van der Waals surface area contributed by atoms with E-state index in [9.17, 15) is 0 Å². The molecule has 2 aliphatic carbocycles. The van der Waals surface area contributed by atoms with Crippen molar-refractivity contribution in [2.45, 2.75) is 19.3 Å². The number of benzene rings is 1. The average molecular weight is 224 g/mol. The number of hydrogen-bond acceptors (Lipinski definition) is 0. The highest BCUT2D eigenvalue weighted by molar-refractivity contribution is 5.49. The average Bonchev–Trinajstić information content (AvgIpc) is 2.97. The Morgan fingerprint density at radius 1 is 1.00 bits per heavy atom. The largest absolute Gasteiger partial charge is 0.103 e. The van der Waals surface area contributed by atoms with Crippen LogP contribution in [0.4, 0.5) is 0 Å². The van der Waals surface area contributed by atoms with Gasteiger partial charge in [0.25, 0.3) is 0 Å². The molecule has 0 radical (unpaired) electrons. The normalized spacial score (nSPS) is 35.5. The van der Waals surface area contributed by atoms with Gasteiger partial charge in [-0.25, -0.2) is 0 Å². The minimum absolute atomic E-state index is 0.730. The molecule has 0 aromatic heterocycles. The standard InChI is InChI=1S/C17H20/c1-2-16-14-9-10-15(12-14)17(16)11-8-13-6-4-3-5-7-13/h2-8,11,14-17H,1,9-10,12H2/b11-8+. The Kier molecular flexibility index (Phi) is 2.88. The van der Waals surface area contributed by atoms with Crippen LogP contribution in [0.5, 0.6) is 0 Å². The third-order valence-corrected chi connectivity index (χ3v) is 4.63. The first-order chi connectivity index (χ1) is 8.38. The molecule has 0 amide bonds. The lowest BCUT2D eigenvalue weighted by atomic mass is 9.79. The molecule has 4 unspecified atom stereocenters. The van der Waals surface area contributed by atoms with Gasteiger partial charge in [-0.05, 0) is 48.5 Å². The van der Waals surface area contributed by atoms with Gasteiger partial charge >= 0.3 is 0 Å². The fraction of sp³-hybridized carbons (Fsp3) is 0.412. The van der Waals surface area contributed by atoms with E-state index in [2.05, 4.69) is 55.1 Å². The van der Waals surface area contributed by atoms with Gasteiger partial charge in [0.1, 0.15) is 0 Å². The van der Waals surface area contributed by atoms with Crippen LogP contribution in [-0.4, -0.2) is 0 Å². The summed E-state index contributed by atoms with van der Waals surface area (Å²) < 4.78 is 0. The summed E-state index contributed by atoms with van der Waals surface area (Å²) in [7, 11) is 0. The van der Waals surface area contributed by atoms with Crippen molar-refractivity contribution in [1.82, 2.24) is 0 Å². The molecule has 0 heteroatoms. The predicted octanol–water partition coefficient (Wildman–Crippen LogP) is 4.55. The van der Waals surface area contributed by atoms with Gasteiger partial charge in [0.15, 0.2) is 0 Å². The Labute approximate surface area is 104 Å². The number of hydrogen-bond donors (Lipinski definition) is 0. The summed E-state index contributed by atoms with van der Waals surface area (Å²) in [5.74, 6) is 3.31. The molecule has 1 aromatic carbocycles. The topological polar surface area (TPSA) is 0 Å². The van der Waals surface area contributed by atoms with Gasteiger partial charge in [-0.1, -0.05) is 48.6 Å². The highest BCUT2D eigenvalue weighted by atomic mass is 14.5. The van der Waals surface area contributed by atoms with Gasteiger partial charge in [0.2, 0.25) is 0 Å². The molecule has 0 nitrogen and oxygen atoms in total. The first-order valence-corrected chi connectivity index (χ1v) is 6.74. The van der Waals surface area contributed by atoms with Crippen LogP contribution in [-0.2, 0) is 0 Å². The predicted molar refractivity (Wildman–Crippen MR) is 73.5 cm³/mol. The van der Waals surface area contributed by atoms with E-state index in [-0.39, 0.29) is 0 Å². The molecule has 88 valence electrons. The fourth-order valence-electron chi connectivity index (χ4n) is 3.80. The molecule has 4 atom stereocenters. The molecule has 2 aliphatic rings. The van der Waals surface area contributed by atoms with E-state index < -0.39 is 0 Å². The second-order valence-electron chi connectivity index (χ2n) is 5.49. The van der Waals surface area contributed by atoms with Crippen LogP contribution in [0.3, 0.4) is 0 Å². The highest BCUT2D eigenvalue weighted by Gasteiger charge is 2.44. The van der Waals surface area contributed by atoms with E-state index in [1.165, 1.54) is 24.8 Å². The second kappa shape index (κ2) is 4.52. The maximum absolute atomic E-state index is 4.03. The fourth-order valence-corrected chi connectivity index (χ4v) is 3.80. The van der Waals surface area contributed by atoms with Crippen LogP contribution in [0.2, 0.25) is 0 Å². The third kappa shape index (κ3) is 1.97. The Hall–Kier alpha value is -1.30. The molecule has 2 saturated carbocycles. The van der Waals surface area contributed by atoms with E-state index in [4.69, 9.17) is 0 Å². The van der Waals surface area contributed by atoms with Gasteiger partial charge in [-0.3, -0.25) is 0 Å². The molecule has 0 saturated heterocycles. The summed E-state index contributed by atoms with van der Waals surface area (Å²) in [6.07, 6.45) is 11.2. The van der Waals surface area contributed by atoms with Gasteiger partial charge in [0, 0.05) is 0 Å². The molecule has 1 aromatic rings. The van der Waals surface area contributed by atoms with Crippen molar-refractivity contribution in [3.05, 3.63) is 54.6 Å². The smallest absolute Gasteiger partial charge is 0.0136 e. The summed E-state index contributed by atoms with van der Waals surface area (Å²) in [4.78, 5) is 0. The lowest BCUT2D eigenvalue weighted by molar-refractivity contribution is 0.319. The van der Waals surface area contributed by atoms with Crippen LogP contribution in [0.1, 0.15) is 24.8 Å². The van der Waals surface area contributed by atoms with E-state index in [1.54, 1.807) is 0 Å². The summed E-state index contributed by atoms with van der Waals surface area (Å²) in [5, 5.41) is 0. The van der Waals surface area contributed by atoms with Crippen LogP contribution in [0, 0.1) is 23.7 Å². The molecule has 0 spiro atoms.